The van der Waals surface area contributed by atoms with Crippen LogP contribution in [-0.4, -0.2) is 20.3 Å². The second-order valence-corrected chi connectivity index (χ2v) is 5.10. The second kappa shape index (κ2) is 9.11. The van der Waals surface area contributed by atoms with Gasteiger partial charge in [0.15, 0.2) is 0 Å². The summed E-state index contributed by atoms with van der Waals surface area (Å²) in [5.74, 6) is 0.713. The Balaban J connectivity index is 2.78. The van der Waals surface area contributed by atoms with Crippen molar-refractivity contribution in [2.45, 2.75) is 46.1 Å². The van der Waals surface area contributed by atoms with Crippen LogP contribution in [0.4, 0.5) is 0 Å². The lowest BCUT2D eigenvalue weighted by molar-refractivity contribution is 0.202. The number of hydrogen-bond donors (Lipinski definition) is 1. The number of hydrogen-bond acceptors (Lipinski definition) is 2. The first-order chi connectivity index (χ1) is 9.26. The van der Waals surface area contributed by atoms with Crippen LogP contribution in [0.25, 0.3) is 0 Å². The molecular formula is C17H29NO. The predicted octanol–water partition coefficient (Wildman–Crippen LogP) is 3.96. The van der Waals surface area contributed by atoms with Crippen LogP contribution in [0.2, 0.25) is 0 Å². The Bertz CT molecular complexity index is 330. The minimum absolute atomic E-state index is 0.483. The van der Waals surface area contributed by atoms with E-state index < -0.39 is 0 Å². The molecule has 0 aliphatic heterocycles. The molecule has 0 aliphatic rings. The number of benzene rings is 1. The molecule has 0 amide bonds. The van der Waals surface area contributed by atoms with Gasteiger partial charge in [0.1, 0.15) is 0 Å². The van der Waals surface area contributed by atoms with Crippen molar-refractivity contribution in [2.75, 3.05) is 20.3 Å². The molecule has 19 heavy (non-hydrogen) atoms. The maximum atomic E-state index is 5.12. The van der Waals surface area contributed by atoms with E-state index in [2.05, 4.69) is 50.4 Å². The molecule has 0 saturated heterocycles. The van der Waals surface area contributed by atoms with Gasteiger partial charge >= 0.3 is 0 Å². The molecule has 0 heterocycles. The number of rotatable bonds is 9. The summed E-state index contributed by atoms with van der Waals surface area (Å²) >= 11 is 0. The Hall–Kier alpha value is -0.860. The van der Waals surface area contributed by atoms with E-state index >= 15 is 0 Å². The molecule has 2 heteroatoms. The summed E-state index contributed by atoms with van der Waals surface area (Å²) in [5, 5.41) is 3.64. The summed E-state index contributed by atoms with van der Waals surface area (Å²) in [6.45, 7) is 8.56. The summed E-state index contributed by atoms with van der Waals surface area (Å²) < 4.78 is 5.12. The van der Waals surface area contributed by atoms with Crippen molar-refractivity contribution >= 4 is 0 Å². The lowest BCUT2D eigenvalue weighted by Gasteiger charge is -2.26. The normalized spacial score (nSPS) is 12.9. The van der Waals surface area contributed by atoms with Gasteiger partial charge in [0.2, 0.25) is 0 Å². The maximum Gasteiger partial charge on any atom is 0.0502 e. The predicted molar refractivity (Wildman–Crippen MR) is 82.5 cm³/mol. The Kier molecular flexibility index (Phi) is 7.76. The molecule has 0 spiro atoms. The molecule has 0 fully saturated rings. The number of nitrogens with one attached hydrogen (secondary N) is 1. The Morgan fingerprint density at radius 3 is 2.16 bits per heavy atom. The SMILES string of the molecule is CCNC(c1ccc(CCOC)cc1)C(CC)CC. The molecule has 1 atom stereocenters. The van der Waals surface area contributed by atoms with E-state index in [-0.39, 0.29) is 0 Å². The zero-order valence-electron chi connectivity index (χ0n) is 12.9. The first-order valence-corrected chi connectivity index (χ1v) is 7.57. The smallest absolute Gasteiger partial charge is 0.0502 e. The summed E-state index contributed by atoms with van der Waals surface area (Å²) in [4.78, 5) is 0. The van der Waals surface area contributed by atoms with Gasteiger partial charge < -0.3 is 10.1 Å². The van der Waals surface area contributed by atoms with E-state index in [1.165, 1.54) is 24.0 Å². The highest BCUT2D eigenvalue weighted by Crippen LogP contribution is 2.27. The van der Waals surface area contributed by atoms with Crippen molar-refractivity contribution in [1.29, 1.82) is 0 Å². The van der Waals surface area contributed by atoms with E-state index in [0.717, 1.165) is 19.6 Å². The minimum atomic E-state index is 0.483. The highest BCUT2D eigenvalue weighted by molar-refractivity contribution is 5.25. The molecule has 1 unspecified atom stereocenters. The standard InChI is InChI=1S/C17H29NO/c1-5-15(6-2)17(18-7-3)16-10-8-14(9-11-16)12-13-19-4/h8-11,15,17-18H,5-7,12-13H2,1-4H3. The first-order valence-electron chi connectivity index (χ1n) is 7.57. The molecule has 0 aliphatic carbocycles. The van der Waals surface area contributed by atoms with Crippen LogP contribution < -0.4 is 5.32 Å². The summed E-state index contributed by atoms with van der Waals surface area (Å²) in [6.07, 6.45) is 3.44. The monoisotopic (exact) mass is 263 g/mol. The molecule has 108 valence electrons. The quantitative estimate of drug-likeness (QED) is 0.728. The zero-order valence-corrected chi connectivity index (χ0v) is 12.9. The van der Waals surface area contributed by atoms with Crippen molar-refractivity contribution in [1.82, 2.24) is 5.32 Å². The molecule has 0 saturated carbocycles. The van der Waals surface area contributed by atoms with Gasteiger partial charge in [-0.25, -0.2) is 0 Å². The van der Waals surface area contributed by atoms with Crippen molar-refractivity contribution < 1.29 is 4.74 Å². The molecular weight excluding hydrogens is 234 g/mol. The lowest BCUT2D eigenvalue weighted by atomic mass is 9.88. The van der Waals surface area contributed by atoms with Gasteiger partial charge in [0.05, 0.1) is 6.61 Å². The van der Waals surface area contributed by atoms with Gasteiger partial charge in [-0.05, 0) is 30.0 Å². The Morgan fingerprint density at radius 2 is 1.68 bits per heavy atom. The molecule has 0 bridgehead atoms. The lowest BCUT2D eigenvalue weighted by Crippen LogP contribution is -2.27. The fraction of sp³-hybridized carbons (Fsp3) is 0.647. The minimum Gasteiger partial charge on any atom is -0.384 e. The summed E-state index contributed by atoms with van der Waals surface area (Å²) in [6, 6.07) is 9.51. The van der Waals surface area contributed by atoms with Crippen LogP contribution in [0.3, 0.4) is 0 Å². The molecule has 1 N–H and O–H groups in total. The van der Waals surface area contributed by atoms with Crippen LogP contribution in [0.15, 0.2) is 24.3 Å². The summed E-state index contributed by atoms with van der Waals surface area (Å²) in [7, 11) is 1.75. The second-order valence-electron chi connectivity index (χ2n) is 5.10. The van der Waals surface area contributed by atoms with E-state index in [4.69, 9.17) is 4.74 Å². The van der Waals surface area contributed by atoms with E-state index in [1.54, 1.807) is 7.11 Å². The molecule has 1 rings (SSSR count). The highest BCUT2D eigenvalue weighted by Gasteiger charge is 2.19. The van der Waals surface area contributed by atoms with Crippen LogP contribution in [0.1, 0.15) is 50.8 Å². The molecule has 1 aromatic rings. The van der Waals surface area contributed by atoms with Crippen LogP contribution >= 0.6 is 0 Å². The third-order valence-corrected chi connectivity index (χ3v) is 3.88. The average Bonchev–Trinajstić information content (AvgIpc) is 2.46. The third kappa shape index (κ3) is 4.96. The van der Waals surface area contributed by atoms with Gasteiger partial charge in [-0.2, -0.15) is 0 Å². The Morgan fingerprint density at radius 1 is 1.05 bits per heavy atom. The first kappa shape index (κ1) is 16.2. The largest absolute Gasteiger partial charge is 0.384 e. The van der Waals surface area contributed by atoms with Gasteiger partial charge in [-0.3, -0.25) is 0 Å². The topological polar surface area (TPSA) is 21.3 Å². The van der Waals surface area contributed by atoms with E-state index in [0.29, 0.717) is 12.0 Å². The van der Waals surface area contributed by atoms with Crippen LogP contribution in [-0.2, 0) is 11.2 Å². The van der Waals surface area contributed by atoms with Gasteiger partial charge in [0, 0.05) is 13.2 Å². The van der Waals surface area contributed by atoms with Gasteiger partial charge in [0.25, 0.3) is 0 Å². The highest BCUT2D eigenvalue weighted by atomic mass is 16.5. The number of methoxy groups -OCH3 is 1. The zero-order chi connectivity index (χ0) is 14.1. The van der Waals surface area contributed by atoms with E-state index in [9.17, 15) is 0 Å². The van der Waals surface area contributed by atoms with Crippen molar-refractivity contribution in [3.8, 4) is 0 Å². The summed E-state index contributed by atoms with van der Waals surface area (Å²) in [5.41, 5.74) is 2.77. The van der Waals surface area contributed by atoms with E-state index in [1.807, 2.05) is 0 Å². The molecule has 0 radical (unpaired) electrons. The maximum absolute atomic E-state index is 5.12. The average molecular weight is 263 g/mol. The Labute approximate surface area is 118 Å². The van der Waals surface area contributed by atoms with Crippen molar-refractivity contribution in [3.63, 3.8) is 0 Å². The van der Waals surface area contributed by atoms with Crippen LogP contribution in [0, 0.1) is 5.92 Å². The molecule has 1 aromatic carbocycles. The van der Waals surface area contributed by atoms with Crippen LogP contribution in [0.5, 0.6) is 0 Å². The van der Waals surface area contributed by atoms with Gasteiger partial charge in [-0.15, -0.1) is 0 Å². The van der Waals surface area contributed by atoms with Crippen molar-refractivity contribution in [2.24, 2.45) is 5.92 Å². The van der Waals surface area contributed by atoms with Crippen molar-refractivity contribution in [3.05, 3.63) is 35.4 Å². The van der Waals surface area contributed by atoms with Gasteiger partial charge in [-0.1, -0.05) is 57.9 Å². The molecule has 2 nitrogen and oxygen atoms in total. The number of ether oxygens (including phenoxy) is 1. The molecule has 0 aromatic heterocycles. The fourth-order valence-electron chi connectivity index (χ4n) is 2.65. The fourth-order valence-corrected chi connectivity index (χ4v) is 2.65. The third-order valence-electron chi connectivity index (χ3n) is 3.88.